The molecule has 0 saturated heterocycles. The van der Waals surface area contributed by atoms with E-state index in [2.05, 4.69) is 45.7 Å². The molecule has 1 N–H and O–H groups in total. The van der Waals surface area contributed by atoms with Crippen LogP contribution in [0.5, 0.6) is 0 Å². The van der Waals surface area contributed by atoms with E-state index < -0.39 is 63.9 Å². The molecule has 2 aromatic heterocycles. The Kier molecular flexibility index (Phi) is 15.1. The number of pyridine rings is 1. The topological polar surface area (TPSA) is 119 Å². The minimum atomic E-state index is -5.02. The Hall–Kier alpha value is -8.15. The third kappa shape index (κ3) is 12.6. The molecule has 6 heterocycles. The number of aliphatic imine (C=N–C) groups is 2. The molecule has 0 saturated carbocycles. The van der Waals surface area contributed by atoms with Crippen LogP contribution in [0.3, 0.4) is 0 Å². The Balaban J connectivity index is 0.000000166. The molecule has 4 aliphatic heterocycles. The zero-order valence-electron chi connectivity index (χ0n) is 37.6. The first-order chi connectivity index (χ1) is 35.5. The van der Waals surface area contributed by atoms with Crippen LogP contribution in [0.1, 0.15) is 39.2 Å². The van der Waals surface area contributed by atoms with E-state index in [0.717, 1.165) is 12.1 Å². The molecule has 0 amide bonds. The number of nitrogens with one attached hydrogen (secondary N) is 1. The van der Waals surface area contributed by atoms with Crippen molar-refractivity contribution >= 4 is 23.7 Å². The van der Waals surface area contributed by atoms with E-state index in [-0.39, 0.29) is 65.2 Å². The molecular weight excluding hydrogens is 1040 g/mol. The van der Waals surface area contributed by atoms with Crippen LogP contribution in [0.25, 0.3) is 45.3 Å². The minimum Gasteiger partial charge on any atom is -0.360 e. The minimum absolute atomic E-state index is 0.0203. The van der Waals surface area contributed by atoms with Gasteiger partial charge in [-0.1, -0.05) is 36.4 Å². The SMILES string of the molecule is FC(F)(F)c1ccc(-c2ccc(CCl)nn2)c(C(F)(F)F)c1.Fc1ccccc1-c1nc2ccn(Cc3ccc(-c4ccc(C(F)(F)F)cc4C(F)(F)F)nn3)cc-2n1.Fc1ccccc1C1=N[C@H]2C=CN=C[C@H]2N1. The van der Waals surface area contributed by atoms with Crippen molar-refractivity contribution in [1.29, 1.82) is 0 Å². The smallest absolute Gasteiger partial charge is 0.360 e. The van der Waals surface area contributed by atoms with Crippen molar-refractivity contribution in [2.45, 2.75) is 49.2 Å². The average molecular weight is 1070 g/mol. The number of rotatable bonds is 7. The number of imidazole rings is 1. The van der Waals surface area contributed by atoms with Crippen LogP contribution in [-0.4, -0.2) is 59.1 Å². The first-order valence-electron chi connectivity index (χ1n) is 21.6. The maximum Gasteiger partial charge on any atom is 0.417 e. The predicted octanol–water partition coefficient (Wildman–Crippen LogP) is 13.2. The van der Waals surface area contributed by atoms with E-state index in [1.807, 2.05) is 6.08 Å². The summed E-state index contributed by atoms with van der Waals surface area (Å²) >= 11 is 5.49. The lowest BCUT2D eigenvalue weighted by molar-refractivity contribution is -0.144. The molecule has 4 aromatic carbocycles. The molecule has 386 valence electrons. The van der Waals surface area contributed by atoms with Crippen molar-refractivity contribution in [1.82, 2.24) is 40.2 Å². The summed E-state index contributed by atoms with van der Waals surface area (Å²) in [4.78, 5) is 17.2. The monoisotopic (exact) mass is 1070 g/mol. The van der Waals surface area contributed by atoms with Gasteiger partial charge in [-0.25, -0.2) is 18.7 Å². The standard InChI is InChI=1S/C25H14F7N5.C13H7ClF6N2.C12H10FN3/c26-19-4-2-1-3-17(19)23-33-21-9-10-37(13-22(21)34-23)12-15-6-8-20(36-35-15)16-7-5-14(24(27,28)29)11-18(16)25(30,31)32;14-6-8-2-4-11(22-21-8)9-3-1-7(12(15,16)17)5-10(9)13(18,19)20;13-9-4-2-1-3-8(9)12-15-10-5-6-14-7-11(10)16-12/h1-11,13H,12H2;1-5H,6H2;1-7,10-11H,(H,15,16)/t;;10-,11+/m..0/s1. The van der Waals surface area contributed by atoms with Gasteiger partial charge in [0.05, 0.1) is 86.4 Å². The number of nitrogens with zero attached hydrogens (tertiary/aromatic N) is 9. The second-order valence-corrected chi connectivity index (χ2v) is 16.4. The molecule has 75 heavy (non-hydrogen) atoms. The number of amidine groups is 1. The van der Waals surface area contributed by atoms with Crippen molar-refractivity contribution in [3.05, 3.63) is 191 Å². The first kappa shape index (κ1) is 53.2. The average Bonchev–Trinajstić information content (AvgIpc) is 4.01. The van der Waals surface area contributed by atoms with Crippen LogP contribution in [0, 0.1) is 11.6 Å². The fourth-order valence-corrected chi connectivity index (χ4v) is 7.54. The van der Waals surface area contributed by atoms with Crippen LogP contribution >= 0.6 is 11.6 Å². The summed E-state index contributed by atoms with van der Waals surface area (Å²) < 4.78 is 185. The van der Waals surface area contributed by atoms with Gasteiger partial charge >= 0.3 is 24.7 Å². The van der Waals surface area contributed by atoms with E-state index in [9.17, 15) is 61.5 Å². The maximum absolute atomic E-state index is 14.1. The molecule has 0 unspecified atom stereocenters. The largest absolute Gasteiger partial charge is 0.417 e. The Bertz CT molecular complexity index is 3370. The van der Waals surface area contributed by atoms with Crippen molar-refractivity contribution in [2.24, 2.45) is 9.98 Å². The van der Waals surface area contributed by atoms with Gasteiger partial charge in [-0.3, -0.25) is 9.98 Å². The van der Waals surface area contributed by atoms with Crippen molar-refractivity contribution in [3.8, 4) is 45.3 Å². The first-order valence-corrected chi connectivity index (χ1v) is 22.2. The normalized spacial score (nSPS) is 15.3. The predicted molar refractivity (Wildman–Crippen MR) is 247 cm³/mol. The van der Waals surface area contributed by atoms with Gasteiger partial charge in [0.15, 0.2) is 5.82 Å². The van der Waals surface area contributed by atoms with Gasteiger partial charge < -0.3 is 9.88 Å². The van der Waals surface area contributed by atoms with Gasteiger partial charge in [-0.05, 0) is 84.9 Å². The lowest BCUT2D eigenvalue weighted by Crippen LogP contribution is -2.36. The van der Waals surface area contributed by atoms with Gasteiger partial charge in [0.1, 0.15) is 23.2 Å². The number of hydrogen-bond acceptors (Lipinski definition) is 9. The molecule has 10 rings (SSSR count). The van der Waals surface area contributed by atoms with Crippen molar-refractivity contribution in [3.63, 3.8) is 0 Å². The maximum atomic E-state index is 14.1. The summed E-state index contributed by atoms with van der Waals surface area (Å²) in [5.41, 5.74) is -4.54. The van der Waals surface area contributed by atoms with Gasteiger partial charge in [-0.2, -0.15) is 73.1 Å². The molecule has 0 fully saturated rings. The van der Waals surface area contributed by atoms with Crippen LogP contribution in [-0.2, 0) is 37.1 Å². The summed E-state index contributed by atoms with van der Waals surface area (Å²) in [7, 11) is 0. The van der Waals surface area contributed by atoms with E-state index in [1.54, 1.807) is 71.8 Å². The van der Waals surface area contributed by atoms with Crippen molar-refractivity contribution < 1.29 is 61.5 Å². The third-order valence-corrected chi connectivity index (χ3v) is 11.3. The quantitative estimate of drug-likeness (QED) is 0.125. The number of alkyl halides is 13. The zero-order valence-corrected chi connectivity index (χ0v) is 38.4. The summed E-state index contributed by atoms with van der Waals surface area (Å²) in [5, 5.41) is 18.1. The Morgan fingerprint density at radius 1 is 0.533 bits per heavy atom. The molecule has 6 aromatic rings. The van der Waals surface area contributed by atoms with E-state index in [0.29, 0.717) is 46.3 Å². The van der Waals surface area contributed by atoms with Crippen LogP contribution < -0.4 is 5.32 Å². The summed E-state index contributed by atoms with van der Waals surface area (Å²) in [5.74, 6) is 0.140. The highest BCUT2D eigenvalue weighted by molar-refractivity contribution is 6.16. The molecule has 0 spiro atoms. The second kappa shape index (κ2) is 21.4. The fraction of sp³-hybridized carbons (Fsp3) is 0.160. The summed E-state index contributed by atoms with van der Waals surface area (Å²) in [6.45, 7) is 0.171. The molecule has 0 radical (unpaired) electrons. The molecule has 25 heteroatoms. The van der Waals surface area contributed by atoms with Crippen LogP contribution in [0.2, 0.25) is 0 Å². The summed E-state index contributed by atoms with van der Waals surface area (Å²) in [6.07, 6.45) is -11.0. The molecule has 4 aliphatic rings. The Morgan fingerprint density at radius 2 is 1.07 bits per heavy atom. The molecule has 0 bridgehead atoms. The van der Waals surface area contributed by atoms with Crippen LogP contribution in [0.4, 0.5) is 61.5 Å². The zero-order chi connectivity index (χ0) is 53.9. The lowest BCUT2D eigenvalue weighted by Gasteiger charge is -2.15. The van der Waals surface area contributed by atoms with E-state index in [1.165, 1.54) is 36.4 Å². The molecule has 2 atom stereocenters. The fourth-order valence-electron chi connectivity index (χ4n) is 7.40. The number of fused-ring (bicyclic) bond motifs is 2. The lowest BCUT2D eigenvalue weighted by atomic mass is 10.00. The molecular formula is C50H31ClF14N10. The second-order valence-electron chi connectivity index (χ2n) is 16.1. The Morgan fingerprint density at radius 3 is 1.56 bits per heavy atom. The summed E-state index contributed by atoms with van der Waals surface area (Å²) in [6, 6.07) is 22.5. The number of aromatic nitrogens is 7. The molecule has 10 nitrogen and oxygen atoms in total. The van der Waals surface area contributed by atoms with Gasteiger partial charge in [0.25, 0.3) is 0 Å². The van der Waals surface area contributed by atoms with Crippen LogP contribution in [0.15, 0.2) is 150 Å². The highest BCUT2D eigenvalue weighted by atomic mass is 35.5. The van der Waals surface area contributed by atoms with Gasteiger partial charge in [-0.15, -0.1) is 11.6 Å². The molecule has 0 aliphatic carbocycles. The Labute approximate surface area is 419 Å². The number of hydrogen-bond donors (Lipinski definition) is 1. The highest BCUT2D eigenvalue weighted by Crippen LogP contribution is 2.42. The van der Waals surface area contributed by atoms with Crippen molar-refractivity contribution in [2.75, 3.05) is 0 Å². The van der Waals surface area contributed by atoms with E-state index >= 15 is 0 Å². The van der Waals surface area contributed by atoms with Gasteiger partial charge in [0.2, 0.25) is 0 Å². The third-order valence-electron chi connectivity index (χ3n) is 11.0. The van der Waals surface area contributed by atoms with Gasteiger partial charge in [0, 0.05) is 35.9 Å². The number of halogens is 15. The number of benzene rings is 4. The van der Waals surface area contributed by atoms with E-state index in [4.69, 9.17) is 11.6 Å². The highest BCUT2D eigenvalue weighted by Gasteiger charge is 2.40.